The van der Waals surface area contributed by atoms with Crippen molar-refractivity contribution in [2.24, 2.45) is 0 Å². The molecule has 0 saturated heterocycles. The van der Waals surface area contributed by atoms with Crippen LogP contribution in [0.25, 0.3) is 5.78 Å². The second kappa shape index (κ2) is 6.56. The highest BCUT2D eigenvalue weighted by Gasteiger charge is 2.18. The number of thioether (sulfide) groups is 1. The highest BCUT2D eigenvalue weighted by molar-refractivity contribution is 8.00. The Morgan fingerprint density at radius 3 is 2.83 bits per heavy atom. The monoisotopic (exact) mass is 345 g/mol. The van der Waals surface area contributed by atoms with E-state index in [1.165, 1.54) is 23.9 Å². The van der Waals surface area contributed by atoms with Crippen molar-refractivity contribution in [2.45, 2.75) is 31.2 Å². The molecule has 0 saturated carbocycles. The molecule has 3 rings (SSSR count). The lowest BCUT2D eigenvalue weighted by atomic mass is 10.3. The van der Waals surface area contributed by atoms with E-state index in [4.69, 9.17) is 0 Å². The van der Waals surface area contributed by atoms with Crippen LogP contribution in [0.3, 0.4) is 0 Å². The lowest BCUT2D eigenvalue weighted by Crippen LogP contribution is -2.22. The highest BCUT2D eigenvalue weighted by Crippen LogP contribution is 2.22. The topological polar surface area (TPSA) is 72.2 Å². The Hall–Kier alpha value is -2.48. The third-order valence-electron chi connectivity index (χ3n) is 3.34. The van der Waals surface area contributed by atoms with Crippen molar-refractivity contribution < 1.29 is 9.18 Å². The van der Waals surface area contributed by atoms with E-state index in [9.17, 15) is 9.18 Å². The first-order valence-corrected chi connectivity index (χ1v) is 8.24. The van der Waals surface area contributed by atoms with Gasteiger partial charge in [-0.3, -0.25) is 4.79 Å². The van der Waals surface area contributed by atoms with Crippen LogP contribution in [-0.2, 0) is 4.79 Å². The van der Waals surface area contributed by atoms with Gasteiger partial charge in [-0.25, -0.2) is 13.9 Å². The maximum Gasteiger partial charge on any atom is 0.253 e. The number of hydrogen-bond donors (Lipinski definition) is 1. The number of anilines is 1. The fourth-order valence-electron chi connectivity index (χ4n) is 2.22. The van der Waals surface area contributed by atoms with Crippen LogP contribution >= 0.6 is 11.8 Å². The number of nitrogens with zero attached hydrogens (tertiary/aromatic N) is 4. The van der Waals surface area contributed by atoms with Crippen molar-refractivity contribution in [3.05, 3.63) is 47.5 Å². The van der Waals surface area contributed by atoms with Gasteiger partial charge in [-0.2, -0.15) is 4.98 Å². The summed E-state index contributed by atoms with van der Waals surface area (Å²) in [6.45, 7) is 5.56. The minimum Gasteiger partial charge on any atom is -0.325 e. The van der Waals surface area contributed by atoms with Gasteiger partial charge >= 0.3 is 0 Å². The number of halogens is 1. The van der Waals surface area contributed by atoms with E-state index >= 15 is 0 Å². The van der Waals surface area contributed by atoms with Crippen molar-refractivity contribution >= 4 is 29.1 Å². The van der Waals surface area contributed by atoms with Gasteiger partial charge in [0, 0.05) is 17.1 Å². The molecule has 3 aromatic rings. The zero-order chi connectivity index (χ0) is 17.3. The molecule has 124 valence electrons. The van der Waals surface area contributed by atoms with E-state index in [0.717, 1.165) is 11.4 Å². The van der Waals surface area contributed by atoms with Crippen molar-refractivity contribution in [1.82, 2.24) is 19.6 Å². The zero-order valence-corrected chi connectivity index (χ0v) is 14.3. The van der Waals surface area contributed by atoms with Crippen molar-refractivity contribution in [2.75, 3.05) is 5.32 Å². The summed E-state index contributed by atoms with van der Waals surface area (Å²) in [5, 5.41) is 7.07. The third-order valence-corrected chi connectivity index (χ3v) is 4.29. The van der Waals surface area contributed by atoms with Crippen LogP contribution < -0.4 is 5.32 Å². The lowest BCUT2D eigenvalue weighted by Gasteiger charge is -2.10. The van der Waals surface area contributed by atoms with Gasteiger partial charge in [-0.15, -0.1) is 5.10 Å². The van der Waals surface area contributed by atoms with Crippen LogP contribution in [0.1, 0.15) is 18.3 Å². The number of benzene rings is 1. The van der Waals surface area contributed by atoms with Crippen molar-refractivity contribution in [1.29, 1.82) is 0 Å². The summed E-state index contributed by atoms with van der Waals surface area (Å²) in [5.74, 6) is -0.134. The van der Waals surface area contributed by atoms with Gasteiger partial charge in [-0.1, -0.05) is 17.8 Å². The van der Waals surface area contributed by atoms with Gasteiger partial charge in [0.25, 0.3) is 5.78 Å². The van der Waals surface area contributed by atoms with Gasteiger partial charge in [-0.05, 0) is 45.0 Å². The molecule has 24 heavy (non-hydrogen) atoms. The molecule has 0 fully saturated rings. The van der Waals surface area contributed by atoms with E-state index in [0.29, 0.717) is 16.6 Å². The lowest BCUT2D eigenvalue weighted by molar-refractivity contribution is -0.115. The molecule has 0 bridgehead atoms. The fourth-order valence-corrected chi connectivity index (χ4v) is 2.96. The molecular formula is C16H16FN5OS. The standard InChI is InChI=1S/C16H16FN5OS/c1-9-7-10(2)22-15(18-9)20-16(21-22)24-11(3)14(23)19-13-6-4-5-12(17)8-13/h4-8,11H,1-3H3,(H,19,23). The van der Waals surface area contributed by atoms with E-state index < -0.39 is 11.1 Å². The molecule has 0 radical (unpaired) electrons. The van der Waals surface area contributed by atoms with Crippen molar-refractivity contribution in [3.63, 3.8) is 0 Å². The van der Waals surface area contributed by atoms with Crippen LogP contribution in [0.2, 0.25) is 0 Å². The number of carbonyl (C=O) groups excluding carboxylic acids is 1. The number of rotatable bonds is 4. The molecule has 0 aliphatic heterocycles. The summed E-state index contributed by atoms with van der Waals surface area (Å²) in [5.41, 5.74) is 2.21. The second-order valence-electron chi connectivity index (χ2n) is 5.40. The number of fused-ring (bicyclic) bond motifs is 1. The SMILES string of the molecule is Cc1cc(C)n2nc(SC(C)C(=O)Nc3cccc(F)c3)nc2n1. The summed E-state index contributed by atoms with van der Waals surface area (Å²) in [4.78, 5) is 20.9. The first-order valence-electron chi connectivity index (χ1n) is 7.36. The molecule has 8 heteroatoms. The Bertz CT molecular complexity index is 911. The average Bonchev–Trinajstić information content (AvgIpc) is 2.89. The predicted octanol–water partition coefficient (Wildman–Crippen LogP) is 3.00. The van der Waals surface area contributed by atoms with E-state index in [-0.39, 0.29) is 5.91 Å². The summed E-state index contributed by atoms with van der Waals surface area (Å²) in [7, 11) is 0. The molecule has 0 aliphatic rings. The maximum absolute atomic E-state index is 13.2. The summed E-state index contributed by atoms with van der Waals surface area (Å²) in [6, 6.07) is 7.69. The molecule has 0 spiro atoms. The van der Waals surface area contributed by atoms with Gasteiger partial charge in [0.1, 0.15) is 5.82 Å². The smallest absolute Gasteiger partial charge is 0.253 e. The normalized spacial score (nSPS) is 12.3. The van der Waals surface area contributed by atoms with Crippen LogP contribution in [0.5, 0.6) is 0 Å². The molecular weight excluding hydrogens is 329 g/mol. The first kappa shape index (κ1) is 16.4. The average molecular weight is 345 g/mol. The Labute approximate surface area is 142 Å². The number of aryl methyl sites for hydroxylation is 2. The molecule has 1 amide bonds. The van der Waals surface area contributed by atoms with Gasteiger partial charge < -0.3 is 5.32 Å². The highest BCUT2D eigenvalue weighted by atomic mass is 32.2. The number of hydrogen-bond acceptors (Lipinski definition) is 5. The minimum atomic E-state index is -0.438. The molecule has 6 nitrogen and oxygen atoms in total. The van der Waals surface area contributed by atoms with E-state index in [1.54, 1.807) is 23.6 Å². The number of aromatic nitrogens is 4. The maximum atomic E-state index is 13.2. The molecule has 1 N–H and O–H groups in total. The second-order valence-corrected chi connectivity index (χ2v) is 6.71. The number of carbonyl (C=O) groups is 1. The van der Waals surface area contributed by atoms with Crippen molar-refractivity contribution in [3.8, 4) is 0 Å². The van der Waals surface area contributed by atoms with Crippen LogP contribution in [0.4, 0.5) is 10.1 Å². The molecule has 1 aromatic carbocycles. The molecule has 1 unspecified atom stereocenters. The number of nitrogens with one attached hydrogen (secondary N) is 1. The van der Waals surface area contributed by atoms with E-state index in [2.05, 4.69) is 20.4 Å². The fraction of sp³-hybridized carbons (Fsp3) is 0.250. The Morgan fingerprint density at radius 2 is 2.08 bits per heavy atom. The molecule has 1 atom stereocenters. The zero-order valence-electron chi connectivity index (χ0n) is 13.4. The quantitative estimate of drug-likeness (QED) is 0.736. The number of amides is 1. The minimum absolute atomic E-state index is 0.245. The Balaban J connectivity index is 1.73. The Morgan fingerprint density at radius 1 is 1.29 bits per heavy atom. The van der Waals surface area contributed by atoms with Gasteiger partial charge in [0.2, 0.25) is 11.1 Å². The van der Waals surface area contributed by atoms with Crippen LogP contribution in [-0.4, -0.2) is 30.7 Å². The molecule has 0 aliphatic carbocycles. The van der Waals surface area contributed by atoms with E-state index in [1.807, 2.05) is 19.9 Å². The molecule has 2 heterocycles. The summed E-state index contributed by atoms with van der Waals surface area (Å²) >= 11 is 1.23. The molecule has 2 aromatic heterocycles. The predicted molar refractivity (Wildman–Crippen MR) is 90.6 cm³/mol. The van der Waals surface area contributed by atoms with Crippen LogP contribution in [0.15, 0.2) is 35.5 Å². The Kier molecular flexibility index (Phi) is 4.48. The third kappa shape index (κ3) is 3.53. The van der Waals surface area contributed by atoms with Crippen LogP contribution in [0, 0.1) is 19.7 Å². The summed E-state index contributed by atoms with van der Waals surface area (Å²) in [6.07, 6.45) is 0. The largest absolute Gasteiger partial charge is 0.325 e. The summed E-state index contributed by atoms with van der Waals surface area (Å²) < 4.78 is 14.8. The first-order chi connectivity index (χ1) is 11.4. The van der Waals surface area contributed by atoms with Gasteiger partial charge in [0.15, 0.2) is 0 Å². The van der Waals surface area contributed by atoms with Gasteiger partial charge in [0.05, 0.1) is 5.25 Å².